The van der Waals surface area contributed by atoms with Crippen molar-refractivity contribution in [1.82, 2.24) is 0 Å². The van der Waals surface area contributed by atoms with Gasteiger partial charge in [-0.2, -0.15) is 11.1 Å². The molecule has 0 saturated heterocycles. The van der Waals surface area contributed by atoms with Gasteiger partial charge in [0, 0.05) is 0 Å². The zero-order chi connectivity index (χ0) is 11.5. The molecule has 0 nitrogen and oxygen atoms in total. The van der Waals surface area contributed by atoms with E-state index in [-0.39, 0.29) is 0 Å². The van der Waals surface area contributed by atoms with Crippen molar-refractivity contribution >= 4 is 29.6 Å². The zero-order valence-electron chi connectivity index (χ0n) is 9.50. The Morgan fingerprint density at radius 3 is 2.12 bits per heavy atom. The number of aryl methyl sites for hydroxylation is 2. The topological polar surface area (TPSA) is 0 Å². The molecular formula is C14H14ClSi. The van der Waals surface area contributed by atoms with Gasteiger partial charge in [-0.1, -0.05) is 59.7 Å². The highest BCUT2D eigenvalue weighted by Gasteiger charge is 2.15. The molecule has 1 radical (unpaired) electrons. The Hall–Kier alpha value is -1.05. The lowest BCUT2D eigenvalue weighted by molar-refractivity contribution is 1.49. The van der Waals surface area contributed by atoms with Crippen molar-refractivity contribution in [3.8, 4) is 0 Å². The van der Waals surface area contributed by atoms with E-state index in [2.05, 4.69) is 62.4 Å². The fraction of sp³-hybridized carbons (Fsp3) is 0.143. The average molecular weight is 246 g/mol. The monoisotopic (exact) mass is 245 g/mol. The van der Waals surface area contributed by atoms with Gasteiger partial charge < -0.3 is 0 Å². The second kappa shape index (κ2) is 4.85. The first kappa shape index (κ1) is 11.4. The van der Waals surface area contributed by atoms with Gasteiger partial charge in [0.2, 0.25) is 8.11 Å². The highest BCUT2D eigenvalue weighted by atomic mass is 35.6. The van der Waals surface area contributed by atoms with Crippen LogP contribution in [0.5, 0.6) is 0 Å². The van der Waals surface area contributed by atoms with Gasteiger partial charge in [-0.05, 0) is 24.2 Å². The molecule has 2 rings (SSSR count). The summed E-state index contributed by atoms with van der Waals surface area (Å²) in [6, 6.07) is 16.9. The average Bonchev–Trinajstić information content (AvgIpc) is 2.30. The van der Waals surface area contributed by atoms with E-state index in [1.54, 1.807) is 0 Å². The van der Waals surface area contributed by atoms with Gasteiger partial charge >= 0.3 is 0 Å². The summed E-state index contributed by atoms with van der Waals surface area (Å²) in [6.07, 6.45) is 0. The second-order valence-corrected chi connectivity index (χ2v) is 6.87. The zero-order valence-corrected chi connectivity index (χ0v) is 11.3. The lowest BCUT2D eigenvalue weighted by Crippen LogP contribution is -2.38. The summed E-state index contributed by atoms with van der Waals surface area (Å²) in [7, 11) is -1.12. The summed E-state index contributed by atoms with van der Waals surface area (Å²) >= 11 is 6.59. The van der Waals surface area contributed by atoms with Gasteiger partial charge in [-0.25, -0.2) is 0 Å². The van der Waals surface area contributed by atoms with Crippen molar-refractivity contribution in [2.75, 3.05) is 0 Å². The molecule has 0 aliphatic rings. The smallest absolute Gasteiger partial charge is 0.156 e. The van der Waals surface area contributed by atoms with Crippen LogP contribution in [0.3, 0.4) is 0 Å². The maximum atomic E-state index is 6.59. The molecule has 0 aliphatic heterocycles. The standard InChI is InChI=1S/C14H14ClSi/c1-11-7-9-13(10-8-11)16(15)14-6-4-3-5-12(14)2/h3-10H,1-2H3. The molecule has 0 amide bonds. The fourth-order valence-electron chi connectivity index (χ4n) is 1.67. The summed E-state index contributed by atoms with van der Waals surface area (Å²) in [6.45, 7) is 4.22. The van der Waals surface area contributed by atoms with Gasteiger partial charge in [0.1, 0.15) is 0 Å². The molecule has 2 heteroatoms. The van der Waals surface area contributed by atoms with E-state index in [0.29, 0.717) is 0 Å². The Morgan fingerprint density at radius 2 is 1.50 bits per heavy atom. The van der Waals surface area contributed by atoms with Gasteiger partial charge in [0.25, 0.3) is 0 Å². The normalized spacial score (nSPS) is 10.8. The van der Waals surface area contributed by atoms with Crippen molar-refractivity contribution in [2.45, 2.75) is 13.8 Å². The Kier molecular flexibility index (Phi) is 3.47. The molecule has 16 heavy (non-hydrogen) atoms. The minimum absolute atomic E-state index is 1.12. The molecular weight excluding hydrogens is 232 g/mol. The van der Waals surface area contributed by atoms with Crippen LogP contribution in [-0.4, -0.2) is 8.11 Å². The van der Waals surface area contributed by atoms with Crippen molar-refractivity contribution in [3.63, 3.8) is 0 Å². The molecule has 0 saturated carbocycles. The van der Waals surface area contributed by atoms with Gasteiger partial charge in [-0.15, -0.1) is 0 Å². The molecule has 0 aliphatic carbocycles. The highest BCUT2D eigenvalue weighted by molar-refractivity contribution is 7.21. The number of rotatable bonds is 2. The first-order chi connectivity index (χ1) is 7.68. The third kappa shape index (κ3) is 2.37. The summed E-state index contributed by atoms with van der Waals surface area (Å²) in [5.41, 5.74) is 2.56. The summed E-state index contributed by atoms with van der Waals surface area (Å²) < 4.78 is 0. The third-order valence-electron chi connectivity index (χ3n) is 2.69. The van der Waals surface area contributed by atoms with Crippen molar-refractivity contribution in [1.29, 1.82) is 0 Å². The number of halogens is 1. The lowest BCUT2D eigenvalue weighted by Gasteiger charge is -2.10. The number of benzene rings is 2. The van der Waals surface area contributed by atoms with Crippen LogP contribution in [0, 0.1) is 13.8 Å². The van der Waals surface area contributed by atoms with Crippen LogP contribution >= 0.6 is 11.1 Å². The van der Waals surface area contributed by atoms with E-state index in [0.717, 1.165) is 0 Å². The Labute approximate surface area is 103 Å². The predicted molar refractivity (Wildman–Crippen MR) is 73.2 cm³/mol. The van der Waals surface area contributed by atoms with Crippen molar-refractivity contribution in [2.24, 2.45) is 0 Å². The Morgan fingerprint density at radius 1 is 0.875 bits per heavy atom. The van der Waals surface area contributed by atoms with Crippen molar-refractivity contribution < 1.29 is 0 Å². The maximum absolute atomic E-state index is 6.59. The molecule has 2 aromatic rings. The molecule has 0 bridgehead atoms. The largest absolute Gasteiger partial charge is 0.234 e. The summed E-state index contributed by atoms with van der Waals surface area (Å²) in [5, 5.41) is 2.55. The number of hydrogen-bond donors (Lipinski definition) is 0. The molecule has 0 unspecified atom stereocenters. The molecule has 0 N–H and O–H groups in total. The van der Waals surface area contributed by atoms with E-state index >= 15 is 0 Å². The minimum atomic E-state index is -1.12. The van der Waals surface area contributed by atoms with Gasteiger partial charge in [-0.3, -0.25) is 0 Å². The molecule has 0 atom stereocenters. The first-order valence-electron chi connectivity index (χ1n) is 5.34. The minimum Gasteiger partial charge on any atom is -0.156 e. The lowest BCUT2D eigenvalue weighted by atomic mass is 10.2. The van der Waals surface area contributed by atoms with Crippen LogP contribution in [0.25, 0.3) is 0 Å². The van der Waals surface area contributed by atoms with Crippen LogP contribution in [-0.2, 0) is 0 Å². The quantitative estimate of drug-likeness (QED) is 0.564. The van der Waals surface area contributed by atoms with E-state index in [4.69, 9.17) is 11.1 Å². The summed E-state index contributed by atoms with van der Waals surface area (Å²) in [5.74, 6) is 0. The van der Waals surface area contributed by atoms with Crippen LogP contribution < -0.4 is 10.4 Å². The third-order valence-corrected chi connectivity index (χ3v) is 5.83. The van der Waals surface area contributed by atoms with Gasteiger partial charge in [0.15, 0.2) is 0 Å². The fourth-order valence-corrected chi connectivity index (χ4v) is 4.13. The molecule has 81 valence electrons. The highest BCUT2D eigenvalue weighted by Crippen LogP contribution is 2.02. The van der Waals surface area contributed by atoms with Crippen LogP contribution in [0.1, 0.15) is 11.1 Å². The van der Waals surface area contributed by atoms with Crippen LogP contribution in [0.2, 0.25) is 0 Å². The number of hydrogen-bond acceptors (Lipinski definition) is 0. The van der Waals surface area contributed by atoms with E-state index in [9.17, 15) is 0 Å². The second-order valence-electron chi connectivity index (χ2n) is 3.99. The Balaban J connectivity index is 2.35. The van der Waals surface area contributed by atoms with E-state index < -0.39 is 8.11 Å². The summed E-state index contributed by atoms with van der Waals surface area (Å²) in [4.78, 5) is 0. The molecule has 0 fully saturated rings. The van der Waals surface area contributed by atoms with Gasteiger partial charge in [0.05, 0.1) is 0 Å². The molecule has 0 aromatic heterocycles. The predicted octanol–water partition coefficient (Wildman–Crippen LogP) is 2.65. The van der Waals surface area contributed by atoms with Crippen molar-refractivity contribution in [3.05, 3.63) is 59.7 Å². The first-order valence-corrected chi connectivity index (χ1v) is 7.85. The maximum Gasteiger partial charge on any atom is 0.234 e. The molecule has 2 aromatic carbocycles. The molecule has 0 heterocycles. The van der Waals surface area contributed by atoms with E-state index in [1.165, 1.54) is 21.5 Å². The van der Waals surface area contributed by atoms with E-state index in [1.807, 2.05) is 0 Å². The SMILES string of the molecule is Cc1ccc([Si](Cl)c2ccccc2C)cc1. The van der Waals surface area contributed by atoms with Crippen LogP contribution in [0.15, 0.2) is 48.5 Å². The molecule has 0 spiro atoms. The van der Waals surface area contributed by atoms with Crippen LogP contribution in [0.4, 0.5) is 0 Å². The Bertz CT molecular complexity index is 476.